The van der Waals surface area contributed by atoms with Gasteiger partial charge in [-0.05, 0) is 42.7 Å². The van der Waals surface area contributed by atoms with Crippen molar-refractivity contribution in [1.29, 1.82) is 0 Å². The van der Waals surface area contributed by atoms with Gasteiger partial charge in [0.2, 0.25) is 11.8 Å². The van der Waals surface area contributed by atoms with E-state index in [1.807, 2.05) is 30.3 Å². The van der Waals surface area contributed by atoms with Crippen molar-refractivity contribution in [2.45, 2.75) is 25.8 Å². The van der Waals surface area contributed by atoms with Gasteiger partial charge in [0, 0.05) is 26.6 Å². The summed E-state index contributed by atoms with van der Waals surface area (Å²) < 4.78 is 13.4. The Morgan fingerprint density at radius 3 is 2.90 bits per heavy atom. The number of aromatic nitrogens is 2. The number of H-pyrrole nitrogens is 1. The Balaban J connectivity index is 1.36. The molecule has 4 rings (SSSR count). The van der Waals surface area contributed by atoms with Gasteiger partial charge in [0.25, 0.3) is 0 Å². The fourth-order valence-corrected chi connectivity index (χ4v) is 3.98. The zero-order chi connectivity index (χ0) is 21.1. The number of carbonyl (C=O) groups excluding carboxylic acids is 2. The van der Waals surface area contributed by atoms with Crippen LogP contribution < -0.4 is 0 Å². The highest BCUT2D eigenvalue weighted by atomic mass is 19.1. The fourth-order valence-electron chi connectivity index (χ4n) is 3.98. The average Bonchev–Trinajstić information content (AvgIpc) is 3.15. The quantitative estimate of drug-likeness (QED) is 0.681. The first-order valence-electron chi connectivity index (χ1n) is 10.2. The van der Waals surface area contributed by atoms with Gasteiger partial charge in [0.15, 0.2) is 0 Å². The van der Waals surface area contributed by atoms with Crippen LogP contribution in [0.25, 0.3) is 11.0 Å². The highest BCUT2D eigenvalue weighted by molar-refractivity contribution is 5.84. The van der Waals surface area contributed by atoms with E-state index < -0.39 is 0 Å². The number of fused-ring (bicyclic) bond motifs is 1. The largest absolute Gasteiger partial charge is 0.342 e. The lowest BCUT2D eigenvalue weighted by Crippen LogP contribution is -2.46. The lowest BCUT2D eigenvalue weighted by molar-refractivity contribution is -0.142. The molecule has 3 aromatic rings. The lowest BCUT2D eigenvalue weighted by Gasteiger charge is -2.33. The second-order valence-electron chi connectivity index (χ2n) is 7.85. The van der Waals surface area contributed by atoms with E-state index in [-0.39, 0.29) is 23.5 Å². The fraction of sp³-hybridized carbons (Fsp3) is 0.348. The van der Waals surface area contributed by atoms with Crippen LogP contribution in [0.1, 0.15) is 24.2 Å². The van der Waals surface area contributed by atoms with Crippen LogP contribution in [0.3, 0.4) is 0 Å². The molecule has 0 aliphatic carbocycles. The van der Waals surface area contributed by atoms with Crippen molar-refractivity contribution in [1.82, 2.24) is 19.8 Å². The number of likely N-dealkylation sites (tertiary alicyclic amines) is 1. The van der Waals surface area contributed by atoms with Gasteiger partial charge in [-0.2, -0.15) is 0 Å². The summed E-state index contributed by atoms with van der Waals surface area (Å²) in [6.07, 6.45) is 1.48. The van der Waals surface area contributed by atoms with Gasteiger partial charge < -0.3 is 14.8 Å². The minimum absolute atomic E-state index is 0.0127. The number of nitrogens with zero attached hydrogens (tertiary/aromatic N) is 3. The summed E-state index contributed by atoms with van der Waals surface area (Å²) in [6, 6.07) is 14.2. The predicted octanol–water partition coefficient (Wildman–Crippen LogP) is 3.14. The van der Waals surface area contributed by atoms with Gasteiger partial charge in [-0.3, -0.25) is 9.59 Å². The van der Waals surface area contributed by atoms with Crippen LogP contribution >= 0.6 is 0 Å². The van der Waals surface area contributed by atoms with Gasteiger partial charge in [-0.15, -0.1) is 0 Å². The molecule has 2 heterocycles. The SMILES string of the molecule is CN(Cc1nc2ccccc2[nH]1)C(=O)[C@H]1CCC(=O)N(CCc2cccc(F)c2)C1. The number of para-hydroxylation sites is 2. The molecule has 0 bridgehead atoms. The van der Waals surface area contributed by atoms with Crippen LogP contribution in [0.15, 0.2) is 48.5 Å². The van der Waals surface area contributed by atoms with Crippen LogP contribution in [0.4, 0.5) is 4.39 Å². The topological polar surface area (TPSA) is 69.3 Å². The van der Waals surface area contributed by atoms with E-state index in [4.69, 9.17) is 0 Å². The number of nitrogens with one attached hydrogen (secondary N) is 1. The summed E-state index contributed by atoms with van der Waals surface area (Å²) in [4.78, 5) is 36.5. The first-order chi connectivity index (χ1) is 14.5. The van der Waals surface area contributed by atoms with Crippen LogP contribution in [0, 0.1) is 11.7 Å². The number of aromatic amines is 1. The van der Waals surface area contributed by atoms with E-state index in [2.05, 4.69) is 9.97 Å². The molecule has 1 aliphatic rings. The Morgan fingerprint density at radius 2 is 2.10 bits per heavy atom. The molecule has 1 aromatic heterocycles. The lowest BCUT2D eigenvalue weighted by atomic mass is 9.95. The highest BCUT2D eigenvalue weighted by Crippen LogP contribution is 2.21. The van der Waals surface area contributed by atoms with Crippen LogP contribution in [-0.2, 0) is 22.6 Å². The number of hydrogen-bond acceptors (Lipinski definition) is 3. The molecule has 2 aromatic carbocycles. The molecule has 6 nitrogen and oxygen atoms in total. The Bertz CT molecular complexity index is 1030. The number of benzene rings is 2. The summed E-state index contributed by atoms with van der Waals surface area (Å²) in [5.41, 5.74) is 2.67. The van der Waals surface area contributed by atoms with Crippen molar-refractivity contribution in [3.8, 4) is 0 Å². The monoisotopic (exact) mass is 408 g/mol. The zero-order valence-electron chi connectivity index (χ0n) is 17.0. The van der Waals surface area contributed by atoms with Crippen LogP contribution in [-0.4, -0.2) is 51.7 Å². The van der Waals surface area contributed by atoms with Crippen molar-refractivity contribution in [3.05, 3.63) is 65.7 Å². The number of rotatable bonds is 6. The number of carbonyl (C=O) groups is 2. The minimum atomic E-state index is -0.280. The smallest absolute Gasteiger partial charge is 0.227 e. The standard InChI is InChI=1S/C23H25FN4O2/c1-27(15-21-25-19-7-2-3-8-20(19)26-21)23(30)17-9-10-22(29)28(14-17)12-11-16-5-4-6-18(24)13-16/h2-8,13,17H,9-12,14-15H2,1H3,(H,25,26)/t17-/m0/s1. The van der Waals surface area contributed by atoms with E-state index in [0.29, 0.717) is 38.9 Å². The Hall–Kier alpha value is -3.22. The maximum Gasteiger partial charge on any atom is 0.227 e. The summed E-state index contributed by atoms with van der Waals surface area (Å²) in [5, 5.41) is 0. The molecule has 2 amide bonds. The van der Waals surface area contributed by atoms with Crippen LogP contribution in [0.2, 0.25) is 0 Å². The molecule has 7 heteroatoms. The van der Waals surface area contributed by atoms with Crippen molar-refractivity contribution >= 4 is 22.8 Å². The molecule has 1 N–H and O–H groups in total. The van der Waals surface area contributed by atoms with Crippen LogP contribution in [0.5, 0.6) is 0 Å². The zero-order valence-corrected chi connectivity index (χ0v) is 17.0. The molecule has 1 aliphatic heterocycles. The second kappa shape index (κ2) is 8.65. The second-order valence-corrected chi connectivity index (χ2v) is 7.85. The van der Waals surface area contributed by atoms with Crippen molar-refractivity contribution in [3.63, 3.8) is 0 Å². The summed E-state index contributed by atoms with van der Waals surface area (Å²) in [6.45, 7) is 1.28. The molecule has 156 valence electrons. The number of piperidine rings is 1. The summed E-state index contributed by atoms with van der Waals surface area (Å²) in [7, 11) is 1.77. The van der Waals surface area contributed by atoms with Gasteiger partial charge >= 0.3 is 0 Å². The molecular weight excluding hydrogens is 383 g/mol. The third-order valence-electron chi connectivity index (χ3n) is 5.61. The molecule has 30 heavy (non-hydrogen) atoms. The maximum absolute atomic E-state index is 13.4. The summed E-state index contributed by atoms with van der Waals surface area (Å²) in [5.74, 6) is 0.290. The molecule has 1 fully saturated rings. The Kier molecular flexibility index (Phi) is 5.79. The van der Waals surface area contributed by atoms with E-state index in [0.717, 1.165) is 22.4 Å². The third kappa shape index (κ3) is 4.50. The normalized spacial score (nSPS) is 16.8. The first-order valence-corrected chi connectivity index (χ1v) is 10.2. The highest BCUT2D eigenvalue weighted by Gasteiger charge is 2.31. The molecule has 0 saturated carbocycles. The number of imidazole rings is 1. The van der Waals surface area contributed by atoms with Crippen molar-refractivity contribution in [2.24, 2.45) is 5.92 Å². The third-order valence-corrected chi connectivity index (χ3v) is 5.61. The number of amides is 2. The number of halogens is 1. The minimum Gasteiger partial charge on any atom is -0.342 e. The van der Waals surface area contributed by atoms with Gasteiger partial charge in [0.1, 0.15) is 11.6 Å². The van der Waals surface area contributed by atoms with Gasteiger partial charge in [0.05, 0.1) is 23.5 Å². The number of hydrogen-bond donors (Lipinski definition) is 1. The van der Waals surface area contributed by atoms with Crippen molar-refractivity contribution < 1.29 is 14.0 Å². The average molecular weight is 408 g/mol. The van der Waals surface area contributed by atoms with Gasteiger partial charge in [-0.25, -0.2) is 9.37 Å². The maximum atomic E-state index is 13.4. The molecule has 0 radical (unpaired) electrons. The molecule has 1 saturated heterocycles. The van der Waals surface area contributed by atoms with Crippen molar-refractivity contribution in [2.75, 3.05) is 20.1 Å². The van der Waals surface area contributed by atoms with E-state index in [1.54, 1.807) is 22.9 Å². The summed E-state index contributed by atoms with van der Waals surface area (Å²) >= 11 is 0. The van der Waals surface area contributed by atoms with E-state index in [9.17, 15) is 14.0 Å². The Labute approximate surface area is 174 Å². The first kappa shape index (κ1) is 20.1. The predicted molar refractivity (Wildman–Crippen MR) is 112 cm³/mol. The van der Waals surface area contributed by atoms with E-state index >= 15 is 0 Å². The molecule has 0 unspecified atom stereocenters. The van der Waals surface area contributed by atoms with E-state index in [1.165, 1.54) is 12.1 Å². The molecule has 1 atom stereocenters. The van der Waals surface area contributed by atoms with Gasteiger partial charge in [-0.1, -0.05) is 24.3 Å². The molecular formula is C23H25FN4O2. The molecule has 0 spiro atoms. The Morgan fingerprint density at radius 1 is 1.27 bits per heavy atom.